The van der Waals surface area contributed by atoms with Gasteiger partial charge in [-0.1, -0.05) is 11.6 Å². The van der Waals surface area contributed by atoms with Crippen molar-refractivity contribution < 1.29 is 19.4 Å². The molecule has 0 aliphatic carbocycles. The quantitative estimate of drug-likeness (QED) is 0.932. The molecule has 108 valence electrons. The molecular formula is C15H17ClO4. The minimum atomic E-state index is -0.885. The second kappa shape index (κ2) is 4.93. The van der Waals surface area contributed by atoms with Crippen molar-refractivity contribution in [2.75, 3.05) is 13.2 Å². The van der Waals surface area contributed by atoms with Crippen molar-refractivity contribution in [2.24, 2.45) is 5.41 Å². The molecule has 2 aliphatic rings. The van der Waals surface area contributed by atoms with Crippen LogP contribution in [0.4, 0.5) is 0 Å². The van der Waals surface area contributed by atoms with Gasteiger partial charge in [0.1, 0.15) is 5.75 Å². The monoisotopic (exact) mass is 296 g/mol. The molecule has 0 amide bonds. The molecule has 3 rings (SSSR count). The minimum absolute atomic E-state index is 0.309. The van der Waals surface area contributed by atoms with Gasteiger partial charge in [-0.05, 0) is 43.0 Å². The van der Waals surface area contributed by atoms with Crippen molar-refractivity contribution >= 4 is 17.6 Å². The maximum Gasteiger partial charge on any atom is 0.312 e. The molecule has 0 aromatic heterocycles. The van der Waals surface area contributed by atoms with Gasteiger partial charge in [-0.2, -0.15) is 0 Å². The Kier molecular flexibility index (Phi) is 3.38. The largest absolute Gasteiger partial charge is 0.493 e. The number of aliphatic carboxylic acids is 1. The Morgan fingerprint density at radius 1 is 1.50 bits per heavy atom. The molecule has 0 radical (unpaired) electrons. The Hall–Kier alpha value is -1.26. The van der Waals surface area contributed by atoms with E-state index in [-0.39, 0.29) is 6.10 Å². The van der Waals surface area contributed by atoms with Gasteiger partial charge >= 0.3 is 5.97 Å². The van der Waals surface area contributed by atoms with Gasteiger partial charge in [0, 0.05) is 18.1 Å². The average molecular weight is 297 g/mol. The molecule has 1 fully saturated rings. The number of rotatable bonds is 3. The van der Waals surface area contributed by atoms with Crippen LogP contribution in [-0.4, -0.2) is 30.4 Å². The predicted molar refractivity (Wildman–Crippen MR) is 74.5 cm³/mol. The summed E-state index contributed by atoms with van der Waals surface area (Å²) in [7, 11) is 0. The number of hydrogen-bond acceptors (Lipinski definition) is 3. The highest BCUT2D eigenvalue weighted by Crippen LogP contribution is 2.43. The van der Waals surface area contributed by atoms with Crippen LogP contribution in [0.15, 0.2) is 12.1 Å². The molecular weight excluding hydrogens is 280 g/mol. The maximum atomic E-state index is 11.8. The fourth-order valence-corrected chi connectivity index (χ4v) is 3.45. The first-order valence-electron chi connectivity index (χ1n) is 6.82. The number of ether oxygens (including phenoxy) is 2. The van der Waals surface area contributed by atoms with E-state index in [1.807, 2.05) is 19.1 Å². The van der Waals surface area contributed by atoms with Gasteiger partial charge in [0.25, 0.3) is 0 Å². The summed E-state index contributed by atoms with van der Waals surface area (Å²) in [6.07, 6.45) is 1.43. The van der Waals surface area contributed by atoms with Crippen molar-refractivity contribution in [1.82, 2.24) is 0 Å². The van der Waals surface area contributed by atoms with E-state index in [4.69, 9.17) is 21.1 Å². The Morgan fingerprint density at radius 3 is 2.95 bits per heavy atom. The van der Waals surface area contributed by atoms with Crippen LogP contribution in [0.1, 0.15) is 24.5 Å². The Bertz CT molecular complexity index is 557. The van der Waals surface area contributed by atoms with Crippen LogP contribution >= 0.6 is 11.6 Å². The summed E-state index contributed by atoms with van der Waals surface area (Å²) in [5.41, 5.74) is 1.06. The number of carboxylic acid groups (broad SMARTS) is 1. The fourth-order valence-electron chi connectivity index (χ4n) is 3.19. The second-order valence-electron chi connectivity index (χ2n) is 5.55. The molecule has 20 heavy (non-hydrogen) atoms. The third kappa shape index (κ3) is 2.07. The van der Waals surface area contributed by atoms with Gasteiger partial charge in [-0.25, -0.2) is 0 Å². The van der Waals surface area contributed by atoms with Crippen molar-refractivity contribution in [3.63, 3.8) is 0 Å². The van der Waals surface area contributed by atoms with E-state index >= 15 is 0 Å². The van der Waals surface area contributed by atoms with Gasteiger partial charge in [-0.15, -0.1) is 0 Å². The molecule has 2 unspecified atom stereocenters. The smallest absolute Gasteiger partial charge is 0.312 e. The van der Waals surface area contributed by atoms with Gasteiger partial charge in [-0.3, -0.25) is 4.79 Å². The molecule has 1 saturated heterocycles. The lowest BCUT2D eigenvalue weighted by molar-refractivity contribution is -0.151. The summed E-state index contributed by atoms with van der Waals surface area (Å²) < 4.78 is 11.2. The summed E-state index contributed by atoms with van der Waals surface area (Å²) in [6, 6.07) is 3.72. The summed E-state index contributed by atoms with van der Waals surface area (Å²) in [5.74, 6) is 0.00310. The molecule has 2 atom stereocenters. The van der Waals surface area contributed by atoms with Crippen LogP contribution in [0, 0.1) is 5.41 Å². The lowest BCUT2D eigenvalue weighted by atomic mass is 9.76. The summed E-state index contributed by atoms with van der Waals surface area (Å²) in [4.78, 5) is 11.8. The molecule has 1 N–H and O–H groups in total. The molecule has 0 spiro atoms. The molecule has 1 aromatic carbocycles. The second-order valence-corrected chi connectivity index (χ2v) is 5.99. The molecule has 1 aromatic rings. The Labute approximate surface area is 122 Å². The third-order valence-electron chi connectivity index (χ3n) is 4.45. The fraction of sp³-hybridized carbons (Fsp3) is 0.533. The first-order valence-corrected chi connectivity index (χ1v) is 7.20. The van der Waals surface area contributed by atoms with Crippen LogP contribution in [0.3, 0.4) is 0 Å². The SMILES string of the molecule is CC1OCCC1(Cc1cc(Cl)cc2c1OCC2)C(=O)O. The lowest BCUT2D eigenvalue weighted by Gasteiger charge is -2.28. The van der Waals surface area contributed by atoms with Crippen molar-refractivity contribution in [1.29, 1.82) is 0 Å². The Balaban J connectivity index is 2.00. The van der Waals surface area contributed by atoms with E-state index in [0.717, 1.165) is 23.3 Å². The number of halogens is 1. The third-order valence-corrected chi connectivity index (χ3v) is 4.67. The molecule has 0 bridgehead atoms. The zero-order valence-electron chi connectivity index (χ0n) is 11.3. The standard InChI is InChI=1S/C15H17ClO4/c1-9-15(14(17)18,3-5-19-9)8-11-7-12(16)6-10-2-4-20-13(10)11/h6-7,9H,2-5,8H2,1H3,(H,17,18). The van der Waals surface area contributed by atoms with Gasteiger partial charge in [0.05, 0.1) is 18.1 Å². The van der Waals surface area contributed by atoms with E-state index < -0.39 is 11.4 Å². The highest BCUT2D eigenvalue weighted by molar-refractivity contribution is 6.30. The van der Waals surface area contributed by atoms with Crippen molar-refractivity contribution in [3.8, 4) is 5.75 Å². The van der Waals surface area contributed by atoms with Crippen LogP contribution in [0.25, 0.3) is 0 Å². The summed E-state index contributed by atoms with van der Waals surface area (Å²) >= 11 is 6.14. The normalized spacial score (nSPS) is 28.2. The van der Waals surface area contributed by atoms with E-state index in [2.05, 4.69) is 0 Å². The number of benzene rings is 1. The van der Waals surface area contributed by atoms with Crippen LogP contribution in [-0.2, 0) is 22.4 Å². The molecule has 5 heteroatoms. The minimum Gasteiger partial charge on any atom is -0.493 e. The average Bonchev–Trinajstić information content (AvgIpc) is 2.97. The molecule has 4 nitrogen and oxygen atoms in total. The topological polar surface area (TPSA) is 55.8 Å². The van der Waals surface area contributed by atoms with Crippen LogP contribution < -0.4 is 4.74 Å². The van der Waals surface area contributed by atoms with Gasteiger partial charge in [0.15, 0.2) is 0 Å². The van der Waals surface area contributed by atoms with Crippen LogP contribution in [0.2, 0.25) is 5.02 Å². The highest BCUT2D eigenvalue weighted by atomic mass is 35.5. The van der Waals surface area contributed by atoms with Gasteiger partial charge < -0.3 is 14.6 Å². The summed E-state index contributed by atoms with van der Waals surface area (Å²) in [6.45, 7) is 2.94. The van der Waals surface area contributed by atoms with E-state index in [0.29, 0.717) is 31.1 Å². The molecule has 2 aliphatic heterocycles. The zero-order chi connectivity index (χ0) is 14.3. The van der Waals surface area contributed by atoms with Gasteiger partial charge in [0.2, 0.25) is 0 Å². The summed E-state index contributed by atoms with van der Waals surface area (Å²) in [5, 5.41) is 10.3. The number of carboxylic acids is 1. The molecule has 2 heterocycles. The maximum absolute atomic E-state index is 11.8. The zero-order valence-corrected chi connectivity index (χ0v) is 12.1. The first kappa shape index (κ1) is 13.7. The van der Waals surface area contributed by atoms with E-state index in [9.17, 15) is 9.90 Å². The van der Waals surface area contributed by atoms with E-state index in [1.54, 1.807) is 0 Å². The lowest BCUT2D eigenvalue weighted by Crippen LogP contribution is -2.39. The molecule has 0 saturated carbocycles. The number of carbonyl (C=O) groups is 1. The van der Waals surface area contributed by atoms with Crippen molar-refractivity contribution in [3.05, 3.63) is 28.3 Å². The highest BCUT2D eigenvalue weighted by Gasteiger charge is 2.49. The predicted octanol–water partition coefficient (Wildman–Crippen LogP) is 2.70. The van der Waals surface area contributed by atoms with Crippen molar-refractivity contribution in [2.45, 2.75) is 32.3 Å². The van der Waals surface area contributed by atoms with Crippen LogP contribution in [0.5, 0.6) is 5.75 Å². The number of fused-ring (bicyclic) bond motifs is 1. The first-order chi connectivity index (χ1) is 9.53. The van der Waals surface area contributed by atoms with E-state index in [1.165, 1.54) is 0 Å². The Morgan fingerprint density at radius 2 is 2.30 bits per heavy atom. The number of hydrogen-bond donors (Lipinski definition) is 1.